The zero-order chi connectivity index (χ0) is 21.3. The number of hydrogen-bond donors (Lipinski definition) is 0. The Bertz CT molecular complexity index is 1120. The predicted molar refractivity (Wildman–Crippen MR) is 110 cm³/mol. The molecule has 2 aromatic heterocycles. The number of hydrogen-bond acceptors (Lipinski definition) is 4. The minimum Gasteiger partial charge on any atom is -0.323 e. The number of rotatable bonds is 5. The second-order valence-corrected chi connectivity index (χ2v) is 7.88. The number of thioether (sulfide) groups is 1. The lowest BCUT2D eigenvalue weighted by molar-refractivity contribution is -0.0903. The van der Waals surface area contributed by atoms with Crippen LogP contribution in [0.2, 0.25) is 0 Å². The van der Waals surface area contributed by atoms with E-state index >= 15 is 0 Å². The minimum atomic E-state index is -4.49. The summed E-state index contributed by atoms with van der Waals surface area (Å²) in [4.78, 5) is 22.2. The summed E-state index contributed by atoms with van der Waals surface area (Å²) < 4.78 is 40.6. The van der Waals surface area contributed by atoms with Gasteiger partial charge in [0.2, 0.25) is 0 Å². The van der Waals surface area contributed by atoms with Crippen LogP contribution < -0.4 is 0 Å². The third-order valence-electron chi connectivity index (χ3n) is 4.46. The van der Waals surface area contributed by atoms with E-state index in [1.54, 1.807) is 18.8 Å². The normalized spacial score (nSPS) is 12.6. The zero-order valence-electron chi connectivity index (χ0n) is 16.5. The van der Waals surface area contributed by atoms with Crippen molar-refractivity contribution in [2.24, 2.45) is 7.05 Å². The fourth-order valence-corrected chi connectivity index (χ4v) is 3.85. The molecule has 0 aliphatic heterocycles. The summed E-state index contributed by atoms with van der Waals surface area (Å²) in [6.45, 7) is 4.28. The van der Waals surface area contributed by atoms with Crippen molar-refractivity contribution in [2.45, 2.75) is 31.8 Å². The molecule has 0 N–H and O–H groups in total. The van der Waals surface area contributed by atoms with E-state index in [-0.39, 0.29) is 17.2 Å². The molecular formula is C21H20F3N3OS. The molecule has 8 heteroatoms. The van der Waals surface area contributed by atoms with Crippen molar-refractivity contribution in [3.05, 3.63) is 47.3 Å². The van der Waals surface area contributed by atoms with Crippen molar-refractivity contribution in [2.75, 3.05) is 5.75 Å². The van der Waals surface area contributed by atoms with E-state index in [0.717, 1.165) is 34.6 Å². The summed E-state index contributed by atoms with van der Waals surface area (Å²) in [5, 5.41) is 0.959. The number of fused-ring (bicyclic) bond motifs is 1. The van der Waals surface area contributed by atoms with E-state index in [4.69, 9.17) is 4.98 Å². The molecule has 0 bridgehead atoms. The Morgan fingerprint density at radius 3 is 2.52 bits per heavy atom. The number of allylic oxidation sites excluding steroid dienone is 1. The van der Waals surface area contributed by atoms with Crippen LogP contribution in [0.5, 0.6) is 0 Å². The van der Waals surface area contributed by atoms with Gasteiger partial charge in [0.25, 0.3) is 0 Å². The van der Waals surface area contributed by atoms with E-state index in [2.05, 4.69) is 4.98 Å². The first-order valence-electron chi connectivity index (χ1n) is 8.99. The number of halogens is 3. The number of benzene rings is 1. The maximum absolute atomic E-state index is 13.0. The summed E-state index contributed by atoms with van der Waals surface area (Å²) in [7, 11) is 1.62. The van der Waals surface area contributed by atoms with Crippen LogP contribution in [0.4, 0.5) is 13.2 Å². The van der Waals surface area contributed by atoms with Gasteiger partial charge in [-0.15, -0.1) is 11.8 Å². The van der Waals surface area contributed by atoms with Crippen LogP contribution in [0.15, 0.2) is 40.8 Å². The van der Waals surface area contributed by atoms with Gasteiger partial charge < -0.3 is 4.57 Å². The van der Waals surface area contributed by atoms with Gasteiger partial charge in [-0.1, -0.05) is 25.1 Å². The van der Waals surface area contributed by atoms with Crippen molar-refractivity contribution < 1.29 is 18.0 Å². The topological polar surface area (TPSA) is 47.8 Å². The van der Waals surface area contributed by atoms with Crippen LogP contribution in [0.25, 0.3) is 28.5 Å². The summed E-state index contributed by atoms with van der Waals surface area (Å²) in [5.74, 6) is 0.785. The highest BCUT2D eigenvalue weighted by Crippen LogP contribution is 2.34. The third-order valence-corrected chi connectivity index (χ3v) is 5.37. The number of pyridine rings is 1. The number of Topliss-reactive ketones (excluding diaryl/α,β-unsaturated/α-hetero) is 1. The molecule has 0 unspecified atom stereocenters. The van der Waals surface area contributed by atoms with Crippen LogP contribution in [0.3, 0.4) is 0 Å². The molecular weight excluding hydrogens is 399 g/mol. The average molecular weight is 419 g/mol. The Labute approximate surface area is 170 Å². The van der Waals surface area contributed by atoms with Crippen LogP contribution in [-0.2, 0) is 7.05 Å². The zero-order valence-corrected chi connectivity index (χ0v) is 17.3. The number of para-hydroxylation sites is 1. The van der Waals surface area contributed by atoms with Gasteiger partial charge in [0.05, 0.1) is 11.2 Å². The standard InChI is InChI=1S/C21H20F3N3OS/c1-5-29-17-11-14-8-6-7-9-15(14)25-18(17)20-26-16(10-12(2)21(22,23)24)19(13(3)28)27(20)4/h6-11H,5H2,1-4H3/b12-10+. The van der Waals surface area contributed by atoms with E-state index in [0.29, 0.717) is 11.5 Å². The number of ketones is 1. The minimum absolute atomic E-state index is 0.00719. The van der Waals surface area contributed by atoms with Gasteiger partial charge in [-0.05, 0) is 30.9 Å². The molecule has 29 heavy (non-hydrogen) atoms. The summed E-state index contributed by atoms with van der Waals surface area (Å²) in [5.41, 5.74) is 0.585. The molecule has 2 heterocycles. The first-order valence-corrected chi connectivity index (χ1v) is 9.98. The van der Waals surface area contributed by atoms with Gasteiger partial charge in [-0.25, -0.2) is 9.97 Å². The molecule has 0 aliphatic rings. The van der Waals surface area contributed by atoms with Crippen molar-refractivity contribution in [1.82, 2.24) is 14.5 Å². The van der Waals surface area contributed by atoms with Crippen LogP contribution in [-0.4, -0.2) is 32.2 Å². The Morgan fingerprint density at radius 1 is 1.21 bits per heavy atom. The molecule has 0 spiro atoms. The summed E-state index contributed by atoms with van der Waals surface area (Å²) >= 11 is 1.57. The molecule has 0 saturated heterocycles. The molecule has 0 radical (unpaired) electrons. The Morgan fingerprint density at radius 2 is 1.90 bits per heavy atom. The molecule has 0 amide bonds. The van der Waals surface area contributed by atoms with Gasteiger partial charge in [-0.3, -0.25) is 4.79 Å². The highest BCUT2D eigenvalue weighted by molar-refractivity contribution is 7.99. The molecule has 3 aromatic rings. The Kier molecular flexibility index (Phi) is 5.84. The number of alkyl halides is 3. The number of nitrogens with zero attached hydrogens (tertiary/aromatic N) is 3. The molecule has 0 saturated carbocycles. The smallest absolute Gasteiger partial charge is 0.323 e. The SMILES string of the molecule is CCSc1cc2ccccc2nc1-c1nc(/C=C(\C)C(F)(F)F)c(C(C)=O)n1C. The lowest BCUT2D eigenvalue weighted by Crippen LogP contribution is -2.09. The van der Waals surface area contributed by atoms with Crippen molar-refractivity contribution in [3.8, 4) is 11.5 Å². The summed E-state index contributed by atoms with van der Waals surface area (Å²) in [6.07, 6.45) is -3.58. The van der Waals surface area contributed by atoms with E-state index in [1.165, 1.54) is 11.5 Å². The lowest BCUT2D eigenvalue weighted by Gasteiger charge is -2.10. The van der Waals surface area contributed by atoms with Gasteiger partial charge in [0.1, 0.15) is 11.4 Å². The van der Waals surface area contributed by atoms with E-state index in [9.17, 15) is 18.0 Å². The van der Waals surface area contributed by atoms with Crippen LogP contribution in [0.1, 0.15) is 37.0 Å². The first kappa shape index (κ1) is 21.1. The second-order valence-electron chi connectivity index (χ2n) is 6.57. The molecule has 0 fully saturated rings. The number of carbonyl (C=O) groups is 1. The molecule has 152 valence electrons. The third kappa shape index (κ3) is 4.22. The quantitative estimate of drug-likeness (QED) is 0.381. The lowest BCUT2D eigenvalue weighted by atomic mass is 10.2. The summed E-state index contributed by atoms with van der Waals surface area (Å²) in [6, 6.07) is 9.59. The largest absolute Gasteiger partial charge is 0.412 e. The monoisotopic (exact) mass is 419 g/mol. The van der Waals surface area contributed by atoms with Crippen LogP contribution in [0, 0.1) is 0 Å². The first-order chi connectivity index (χ1) is 13.6. The van der Waals surface area contributed by atoms with E-state index < -0.39 is 11.7 Å². The molecule has 4 nitrogen and oxygen atoms in total. The fourth-order valence-electron chi connectivity index (χ4n) is 3.06. The maximum atomic E-state index is 13.0. The van der Waals surface area contributed by atoms with Gasteiger partial charge in [-0.2, -0.15) is 13.2 Å². The van der Waals surface area contributed by atoms with Gasteiger partial charge in [0, 0.05) is 29.8 Å². The highest BCUT2D eigenvalue weighted by Gasteiger charge is 2.31. The Balaban J connectivity index is 2.28. The highest BCUT2D eigenvalue weighted by atomic mass is 32.2. The molecule has 1 aromatic carbocycles. The Hall–Kier alpha value is -2.61. The van der Waals surface area contributed by atoms with Gasteiger partial charge >= 0.3 is 6.18 Å². The number of imidazole rings is 1. The number of aromatic nitrogens is 3. The molecule has 0 aliphatic carbocycles. The van der Waals surface area contributed by atoms with Crippen LogP contribution >= 0.6 is 11.8 Å². The second kappa shape index (κ2) is 8.02. The van der Waals surface area contributed by atoms with Gasteiger partial charge in [0.15, 0.2) is 11.6 Å². The molecule has 3 rings (SSSR count). The number of carbonyl (C=O) groups excluding carboxylic acids is 1. The fraction of sp³-hybridized carbons (Fsp3) is 0.286. The van der Waals surface area contributed by atoms with Crippen molar-refractivity contribution >= 4 is 34.5 Å². The predicted octanol–water partition coefficient (Wildman–Crippen LogP) is 5.92. The molecule has 0 atom stereocenters. The van der Waals surface area contributed by atoms with E-state index in [1.807, 2.05) is 37.3 Å². The average Bonchev–Trinajstić information content (AvgIpc) is 2.96. The maximum Gasteiger partial charge on any atom is 0.412 e. The van der Waals surface area contributed by atoms with Crippen molar-refractivity contribution in [1.29, 1.82) is 0 Å². The van der Waals surface area contributed by atoms with Crippen molar-refractivity contribution in [3.63, 3.8) is 0 Å².